The Balaban J connectivity index is 1.45. The summed E-state index contributed by atoms with van der Waals surface area (Å²) in [4.78, 5) is 12.6. The Hall–Kier alpha value is -0.620. The number of carbonyl (C=O) groups excluding carboxylic acids is 1. The van der Waals surface area contributed by atoms with E-state index >= 15 is 0 Å². The van der Waals surface area contributed by atoms with Gasteiger partial charge in [0.1, 0.15) is 12.4 Å². The Labute approximate surface area is 131 Å². The van der Waals surface area contributed by atoms with Crippen LogP contribution in [-0.4, -0.2) is 31.3 Å². The van der Waals surface area contributed by atoms with E-state index in [4.69, 9.17) is 9.29 Å². The molecule has 0 saturated heterocycles. The average Bonchev–Trinajstić information content (AvgIpc) is 3.12. The molecule has 4 aliphatic carbocycles. The fraction of sp³-hybridized carbons (Fsp3) is 0.938. The first kappa shape index (κ1) is 14.9. The van der Waals surface area contributed by atoms with Gasteiger partial charge in [-0.15, -0.1) is 0 Å². The molecule has 0 spiro atoms. The molecule has 22 heavy (non-hydrogen) atoms. The smallest absolute Gasteiger partial charge is 0.312 e. The van der Waals surface area contributed by atoms with Crippen LogP contribution in [0.25, 0.3) is 0 Å². The minimum Gasteiger partial charge on any atom is -0.464 e. The van der Waals surface area contributed by atoms with E-state index in [0.717, 1.165) is 43.4 Å². The first-order chi connectivity index (χ1) is 10.4. The van der Waals surface area contributed by atoms with Gasteiger partial charge in [0.05, 0.1) is 5.41 Å². The van der Waals surface area contributed by atoms with Gasteiger partial charge in [-0.3, -0.25) is 9.35 Å². The van der Waals surface area contributed by atoms with Gasteiger partial charge in [-0.25, -0.2) is 0 Å². The van der Waals surface area contributed by atoms with E-state index in [-0.39, 0.29) is 18.0 Å². The normalized spacial score (nSPS) is 45.8. The molecule has 0 aromatic carbocycles. The molecule has 0 amide bonds. The highest BCUT2D eigenvalue weighted by molar-refractivity contribution is 7.85. The SMILES string of the molecule is O=C(OCCS(=O)(=O)O)C12CCC(C1)C1C3CCC(C3)C1C2. The summed E-state index contributed by atoms with van der Waals surface area (Å²) >= 11 is 0. The van der Waals surface area contributed by atoms with Gasteiger partial charge in [-0.1, -0.05) is 0 Å². The highest BCUT2D eigenvalue weighted by Crippen LogP contribution is 2.67. The summed E-state index contributed by atoms with van der Waals surface area (Å²) < 4.78 is 35.5. The molecule has 0 aromatic rings. The highest BCUT2D eigenvalue weighted by atomic mass is 32.2. The minimum atomic E-state index is -4.06. The van der Waals surface area contributed by atoms with Crippen LogP contribution < -0.4 is 0 Å². The average molecular weight is 328 g/mol. The molecule has 0 heterocycles. The van der Waals surface area contributed by atoms with Crippen LogP contribution >= 0.6 is 0 Å². The van der Waals surface area contributed by atoms with E-state index in [0.29, 0.717) is 11.8 Å². The van der Waals surface area contributed by atoms with Crippen LogP contribution in [-0.2, 0) is 19.6 Å². The second-order valence-corrected chi connectivity index (χ2v) is 9.56. The van der Waals surface area contributed by atoms with Crippen LogP contribution in [0.4, 0.5) is 0 Å². The van der Waals surface area contributed by atoms with Crippen molar-refractivity contribution in [2.45, 2.75) is 44.9 Å². The fourth-order valence-corrected chi connectivity index (χ4v) is 6.58. The zero-order chi connectivity index (χ0) is 15.5. The van der Waals surface area contributed by atoms with E-state index in [1.807, 2.05) is 0 Å². The predicted molar refractivity (Wildman–Crippen MR) is 79.6 cm³/mol. The number of hydrogen-bond acceptors (Lipinski definition) is 4. The standard InChI is InChI=1S/C16H24O5S/c17-15(21-5-6-22(18,19)20)16-4-3-12(8-16)14-11-2-1-10(7-11)13(14)9-16/h10-14H,1-9H2,(H,18,19,20). The first-order valence-electron chi connectivity index (χ1n) is 8.50. The van der Waals surface area contributed by atoms with Crippen LogP contribution in [0.3, 0.4) is 0 Å². The molecule has 6 heteroatoms. The van der Waals surface area contributed by atoms with Crippen molar-refractivity contribution < 1.29 is 22.5 Å². The van der Waals surface area contributed by atoms with Crippen molar-refractivity contribution in [2.24, 2.45) is 35.0 Å². The van der Waals surface area contributed by atoms with Crippen molar-refractivity contribution in [3.05, 3.63) is 0 Å². The van der Waals surface area contributed by atoms with Crippen LogP contribution in [0.15, 0.2) is 0 Å². The molecule has 6 unspecified atom stereocenters. The highest BCUT2D eigenvalue weighted by Gasteiger charge is 2.61. The van der Waals surface area contributed by atoms with Crippen LogP contribution in [0.1, 0.15) is 44.9 Å². The van der Waals surface area contributed by atoms with Gasteiger partial charge in [0.25, 0.3) is 10.1 Å². The van der Waals surface area contributed by atoms with Gasteiger partial charge in [0, 0.05) is 0 Å². The maximum absolute atomic E-state index is 12.6. The number of carbonyl (C=O) groups is 1. The van der Waals surface area contributed by atoms with Gasteiger partial charge >= 0.3 is 5.97 Å². The van der Waals surface area contributed by atoms with Gasteiger partial charge in [-0.05, 0) is 74.5 Å². The number of rotatable bonds is 4. The van der Waals surface area contributed by atoms with Crippen LogP contribution in [0.5, 0.6) is 0 Å². The Morgan fingerprint density at radius 3 is 2.68 bits per heavy atom. The number of esters is 1. The zero-order valence-corrected chi connectivity index (χ0v) is 13.6. The third-order valence-corrected chi connectivity index (χ3v) is 7.67. The summed E-state index contributed by atoms with van der Waals surface area (Å²) in [5.41, 5.74) is -0.366. The number of fused-ring (bicyclic) bond motifs is 8. The van der Waals surface area contributed by atoms with Crippen LogP contribution in [0, 0.1) is 35.0 Å². The topological polar surface area (TPSA) is 80.7 Å². The van der Waals surface area contributed by atoms with Crippen molar-refractivity contribution in [1.82, 2.24) is 0 Å². The number of hydrogen-bond donors (Lipinski definition) is 1. The maximum atomic E-state index is 12.6. The molecule has 0 aromatic heterocycles. The largest absolute Gasteiger partial charge is 0.464 e. The Morgan fingerprint density at radius 2 is 1.91 bits per heavy atom. The molecule has 4 fully saturated rings. The van der Waals surface area contributed by atoms with Crippen molar-refractivity contribution in [1.29, 1.82) is 0 Å². The minimum absolute atomic E-state index is 0.222. The molecular formula is C16H24O5S. The fourth-order valence-electron chi connectivity index (χ4n) is 6.29. The van der Waals surface area contributed by atoms with Crippen molar-refractivity contribution in [3.8, 4) is 0 Å². The molecular weight excluding hydrogens is 304 g/mol. The quantitative estimate of drug-likeness (QED) is 0.632. The molecule has 4 saturated carbocycles. The summed E-state index contributed by atoms with van der Waals surface area (Å²) in [5, 5.41) is 0. The summed E-state index contributed by atoms with van der Waals surface area (Å²) in [5.74, 6) is 3.17. The van der Waals surface area contributed by atoms with Gasteiger partial charge in [0.2, 0.25) is 0 Å². The molecule has 4 rings (SSSR count). The summed E-state index contributed by atoms with van der Waals surface area (Å²) in [6, 6.07) is 0. The molecule has 6 atom stereocenters. The lowest BCUT2D eigenvalue weighted by atomic mass is 9.61. The molecule has 0 aliphatic heterocycles. The molecule has 0 radical (unpaired) electrons. The lowest BCUT2D eigenvalue weighted by molar-refractivity contribution is -0.159. The van der Waals surface area contributed by atoms with Gasteiger partial charge in [-0.2, -0.15) is 8.42 Å². The lowest BCUT2D eigenvalue weighted by Crippen LogP contribution is -2.42. The van der Waals surface area contributed by atoms with E-state index in [9.17, 15) is 13.2 Å². The third kappa shape index (κ3) is 2.30. The summed E-state index contributed by atoms with van der Waals surface area (Å²) in [6.45, 7) is -0.232. The summed E-state index contributed by atoms with van der Waals surface area (Å²) in [6.07, 6.45) is 7.97. The van der Waals surface area contributed by atoms with Crippen molar-refractivity contribution in [3.63, 3.8) is 0 Å². The predicted octanol–water partition coefficient (Wildman–Crippen LogP) is 2.27. The van der Waals surface area contributed by atoms with Crippen LogP contribution in [0.2, 0.25) is 0 Å². The molecule has 124 valence electrons. The second kappa shape index (κ2) is 4.94. The van der Waals surface area contributed by atoms with Gasteiger partial charge < -0.3 is 4.74 Å². The molecule has 4 aliphatic rings. The van der Waals surface area contributed by atoms with E-state index < -0.39 is 15.9 Å². The van der Waals surface area contributed by atoms with E-state index in [2.05, 4.69) is 0 Å². The summed E-state index contributed by atoms with van der Waals surface area (Å²) in [7, 11) is -4.06. The first-order valence-corrected chi connectivity index (χ1v) is 10.1. The lowest BCUT2D eigenvalue weighted by Gasteiger charge is -2.43. The second-order valence-electron chi connectivity index (χ2n) is 7.98. The Kier molecular flexibility index (Phi) is 3.35. The van der Waals surface area contributed by atoms with Gasteiger partial charge in [0.15, 0.2) is 0 Å². The Morgan fingerprint density at radius 1 is 1.14 bits per heavy atom. The zero-order valence-electron chi connectivity index (χ0n) is 12.7. The van der Waals surface area contributed by atoms with Crippen molar-refractivity contribution in [2.75, 3.05) is 12.4 Å². The van der Waals surface area contributed by atoms with E-state index in [1.165, 1.54) is 19.3 Å². The Bertz CT molecular complexity index is 585. The monoisotopic (exact) mass is 328 g/mol. The third-order valence-electron chi connectivity index (χ3n) is 6.98. The number of ether oxygens (including phenoxy) is 1. The maximum Gasteiger partial charge on any atom is 0.312 e. The molecule has 4 bridgehead atoms. The molecule has 5 nitrogen and oxygen atoms in total. The van der Waals surface area contributed by atoms with Crippen molar-refractivity contribution >= 4 is 16.1 Å². The van der Waals surface area contributed by atoms with E-state index in [1.54, 1.807) is 0 Å². The molecule has 1 N–H and O–H groups in total.